The first-order chi connectivity index (χ1) is 36.7. The Morgan fingerprint density at radius 2 is 0.236 bits per heavy atom. The van der Waals surface area contributed by atoms with Gasteiger partial charge in [-0.05, 0) is 78.7 Å². The van der Waals surface area contributed by atoms with Crippen LogP contribution in [0.5, 0.6) is 0 Å². The Labute approximate surface area is 2310 Å². The molecule has 0 N–H and O–H groups in total. The summed E-state index contributed by atoms with van der Waals surface area (Å²) in [5, 5.41) is 0. The number of hydrogen-bond donors (Lipinski definition) is 0. The van der Waals surface area contributed by atoms with Gasteiger partial charge in [0.2, 0.25) is 0 Å². The van der Waals surface area contributed by atoms with E-state index in [9.17, 15) is 0 Å². The Bertz CT molecular complexity index is 3510. The van der Waals surface area contributed by atoms with Crippen molar-refractivity contribution in [1.29, 1.82) is 0 Å². The van der Waals surface area contributed by atoms with E-state index in [-0.39, 0.29) is 1950 Å². The molecular weight excluding hydrogens is 7790 g/mol. The summed E-state index contributed by atoms with van der Waals surface area (Å²) in [6.07, 6.45) is 0. The molecular formula is C71H51N4Re4Rf4Y57-11. The van der Waals surface area contributed by atoms with Gasteiger partial charge in [0.05, 0.1) is 0 Å². The molecule has 0 heterocycles. The molecule has 0 aliphatic heterocycles. The normalized spacial score (nSPS) is 5.75. The second kappa shape index (κ2) is 244. The van der Waals surface area contributed by atoms with Crippen LogP contribution in [0.4, 0.5) is 68.2 Å². The average Bonchev–Trinajstić information content (AvgIpc) is 0.799. The van der Waals surface area contributed by atoms with Gasteiger partial charge in [-0.15, -0.1) is 64.1 Å². The van der Waals surface area contributed by atoms with E-state index >= 15 is 0 Å². The second-order valence-corrected chi connectivity index (χ2v) is 18.2. The number of aryl methyl sites for hydroxylation is 5. The average molecular weight is 7840 g/mol. The molecule has 0 spiro atoms. The zero-order valence-electron chi connectivity index (χ0n) is 79.8. The molecule has 0 saturated heterocycles. The van der Waals surface area contributed by atoms with Gasteiger partial charge in [0.15, 0.2) is 0 Å². The van der Waals surface area contributed by atoms with Crippen molar-refractivity contribution in [3.8, 4) is 11.1 Å². The molecule has 0 fully saturated rings. The van der Waals surface area contributed by atoms with Crippen LogP contribution >= 0.6 is 0 Å². The third-order valence-corrected chi connectivity index (χ3v) is 12.5. The van der Waals surface area contributed by atoms with Gasteiger partial charge < -0.3 is 68.1 Å². The largest absolute Gasteiger partial charge is 0.382 e. The smallest absolute Gasteiger partial charge is 0.0421 e. The SMILES string of the molecule is Cc1c[c-]c(N(c2cc[c-]cc2)c2ccc(-c3ccc(N(c4[c-]cc(C)c[c-]4)c4cc[c-]cc4)cc3)cc2)[c-]c1.Cc1c[c-]c(N(c2cc[c-]cc2)c2ccc(N(c3[c-]cc(C)c[c-]3)c3ccc(C)cc3)cc2)[c-]c1.[Re].[Re].[Re].[Re].[Rf].[Rf].[Rf].[Rf].[Y].[Y].[Y].[Y].[Y].[Y].[Y].[Y].[Y].[Y].[Y].[Y].[Y].[Y].[Y].[Y].[Y].[Y].[Y].[Y].[Y].[Y].[Y].[Y].[Y].[Y].[Y].[Y].[Y].[Y].[Y].[Y].[Y].[Y].[Y].[Y].[Y].[Y].[Y].[Y].[Y].[Y].[Y].[Y].[Y].[Y].[Y].[Y].[Y].[Y].[Y].[Y].[Y].[Y].[Y].[Y].[Y]. The summed E-state index contributed by atoms with van der Waals surface area (Å²) < 4.78 is 0. The molecule has 0 bridgehead atoms. The minimum absolute atomic E-state index is 0. The minimum Gasteiger partial charge on any atom is -0.382 e. The first kappa shape index (κ1) is 379. The van der Waals surface area contributed by atoms with Gasteiger partial charge in [0, 0.05) is 1970 Å². The number of anilines is 12. The van der Waals surface area contributed by atoms with Crippen molar-refractivity contribution in [1.82, 2.24) is 0 Å². The van der Waals surface area contributed by atoms with Gasteiger partial charge in [-0.3, -0.25) is 70.8 Å². The van der Waals surface area contributed by atoms with Crippen LogP contribution in [-0.2, 0) is 1950 Å². The van der Waals surface area contributed by atoms with Crippen molar-refractivity contribution >= 4 is 68.2 Å². The molecule has 69 heteroatoms. The maximum absolute atomic E-state index is 3.39. The molecule has 11 rings (SSSR count). The predicted octanol–water partition coefficient (Wildman–Crippen LogP) is 18.1. The summed E-state index contributed by atoms with van der Waals surface area (Å²) in [6, 6.07) is 110. The quantitative estimate of drug-likeness (QED) is 0.107. The zero-order chi connectivity index (χ0) is 51.5. The van der Waals surface area contributed by atoms with Crippen LogP contribution in [0.1, 0.15) is 27.8 Å². The molecule has 140 heavy (non-hydrogen) atoms. The zero-order valence-corrected chi connectivity index (χ0v) is 278. The molecule has 0 aliphatic rings. The molecule has 0 amide bonds. The third-order valence-electron chi connectivity index (χ3n) is 12.5. The van der Waals surface area contributed by atoms with Crippen LogP contribution < -0.4 is 19.6 Å². The second-order valence-electron chi connectivity index (χ2n) is 18.2. The van der Waals surface area contributed by atoms with Crippen molar-refractivity contribution in [3.05, 3.63) is 313 Å². The Morgan fingerprint density at radius 3 is 0.357 bits per heavy atom. The van der Waals surface area contributed by atoms with Crippen molar-refractivity contribution in [2.24, 2.45) is 0 Å². The molecule has 573 valence electrons. The van der Waals surface area contributed by atoms with Gasteiger partial charge >= 0.3 is 0 Å². The maximum atomic E-state index is 3.39. The number of hydrogen-bond acceptors (Lipinski definition) is 4. The molecule has 0 aliphatic carbocycles. The predicted molar refractivity (Wildman–Crippen MR) is 308 cm³/mol. The van der Waals surface area contributed by atoms with Gasteiger partial charge in [-0.25, -0.2) is 17.1 Å². The standard InChI is InChI=1S/C38H26N2.C33H25N2.4Re.4Rf.57Y/c1-29-13-21-35(22-14-29)39(33-9-5-3-6-10-33)37-25-17-31(18-26-37)32-19-27-38(28-20-32)40(34-11-7-4-8-12-34)36-23-15-30(2)16-24-36;1-25-9-15-29(16-10-25)34(28-7-5-4-6-8-28)32-21-23-33(24-22-32)35(30-17-11-26(2)12-18-30)31-19-13-27(3)14-20-31;;;;;;;;;;;;;;;;;;;;;;;;;;;;;;;;;;;;;;;;;;;;;;;;;;;;;;;;;;;;;;;;;/h5-20,25-28H,1-2H3;5-14,17-18,21-24H,1-3H3;;;;;;;;;;;;;;;;;;;;;;;;;;;;;;;;;;;;;;;;;;;;;;;;;;;;;;;;;;;;;;;;;/q-6;-5;;;;;;;;;;;;;;;;;;;;;;;;;;;;;;;;;;;;;;;;;;;;;;;;;;;;;;;;;;;;;;;;;. The fourth-order valence-corrected chi connectivity index (χ4v) is 8.57. The van der Waals surface area contributed by atoms with E-state index in [1.165, 1.54) is 5.56 Å². The number of rotatable bonds is 13. The van der Waals surface area contributed by atoms with Crippen molar-refractivity contribution in [2.45, 2.75) is 34.6 Å². The van der Waals surface area contributed by atoms with E-state index in [2.05, 4.69) is 197 Å². The van der Waals surface area contributed by atoms with Gasteiger partial charge in [0.1, 0.15) is 0 Å². The Kier molecular flexibility index (Phi) is 661. The van der Waals surface area contributed by atoms with Crippen LogP contribution in [0.3, 0.4) is 0 Å². The van der Waals surface area contributed by atoms with E-state index in [1.807, 2.05) is 142 Å². The van der Waals surface area contributed by atoms with Crippen LogP contribution in [0, 0.1) is 101 Å². The summed E-state index contributed by atoms with van der Waals surface area (Å²) in [5.74, 6) is 0. The molecule has 0 atom stereocenters. The molecule has 0 aromatic heterocycles. The van der Waals surface area contributed by atoms with Crippen LogP contribution in [0.15, 0.2) is 218 Å². The molecule has 4 nitrogen and oxygen atoms in total. The molecule has 0 unspecified atom stereocenters. The summed E-state index contributed by atoms with van der Waals surface area (Å²) in [7, 11) is 0. The molecule has 61 radical (unpaired) electrons. The topological polar surface area (TPSA) is 13.0 Å². The van der Waals surface area contributed by atoms with Gasteiger partial charge in [0.25, 0.3) is 0 Å². The maximum Gasteiger partial charge on any atom is 0.0421 e. The van der Waals surface area contributed by atoms with Crippen molar-refractivity contribution in [3.63, 3.8) is 0 Å². The molecule has 0 saturated carbocycles. The Balaban J connectivity index is -0.0000000128. The van der Waals surface area contributed by atoms with Gasteiger partial charge in [-0.2, -0.15) is 60.3 Å². The van der Waals surface area contributed by atoms with E-state index in [1.54, 1.807) is 0 Å². The first-order valence-corrected chi connectivity index (χ1v) is 24.8. The molecule has 11 aromatic rings. The first-order valence-electron chi connectivity index (χ1n) is 24.8. The van der Waals surface area contributed by atoms with Crippen LogP contribution in [0.2, 0.25) is 0 Å². The summed E-state index contributed by atoms with van der Waals surface area (Å²) in [6.45, 7) is 10.3. The summed E-state index contributed by atoms with van der Waals surface area (Å²) in [5.41, 5.74) is 19.8. The third kappa shape index (κ3) is 157. The van der Waals surface area contributed by atoms with Crippen molar-refractivity contribution < 1.29 is 1950 Å². The van der Waals surface area contributed by atoms with Crippen LogP contribution in [0.25, 0.3) is 11.1 Å². The Morgan fingerprint density at radius 1 is 0.136 bits per heavy atom. The fraction of sp³-hybridized carbons (Fsp3) is 0.0704. The Hall–Kier alpha value is 52.2. The van der Waals surface area contributed by atoms with Gasteiger partial charge in [-0.1, -0.05) is 59.0 Å². The number of benzene rings is 11. The van der Waals surface area contributed by atoms with Crippen molar-refractivity contribution in [2.75, 3.05) is 19.6 Å². The van der Waals surface area contributed by atoms with E-state index < -0.39 is 0 Å². The van der Waals surface area contributed by atoms with E-state index in [0.717, 1.165) is 102 Å². The fourth-order valence-electron chi connectivity index (χ4n) is 8.57. The van der Waals surface area contributed by atoms with E-state index in [0.29, 0.717) is 0 Å². The number of nitrogens with zero attached hydrogens (tertiary/aromatic N) is 4. The minimum atomic E-state index is 0. The summed E-state index contributed by atoms with van der Waals surface area (Å²) in [4.78, 5) is 8.64. The monoisotopic (exact) mass is 7840 g/mol. The summed E-state index contributed by atoms with van der Waals surface area (Å²) >= 11 is 0. The van der Waals surface area contributed by atoms with E-state index in [4.69, 9.17) is 0 Å². The van der Waals surface area contributed by atoms with Crippen LogP contribution in [-0.4, -0.2) is 0 Å². The molecule has 11 aromatic carbocycles.